The molecule has 0 saturated heterocycles. The number of carbonyl (C=O) groups excluding carboxylic acids is 1. The van der Waals surface area contributed by atoms with Gasteiger partial charge in [0, 0.05) is 29.5 Å². The molecule has 2 aromatic heterocycles. The van der Waals surface area contributed by atoms with Crippen LogP contribution in [0.25, 0.3) is 6.08 Å². The van der Waals surface area contributed by atoms with Crippen LogP contribution in [0.4, 0.5) is 5.13 Å². The molecule has 0 radical (unpaired) electrons. The number of nitrogens with zero attached hydrogens (tertiary/aromatic N) is 2. The second-order valence-electron chi connectivity index (χ2n) is 7.81. The highest BCUT2D eigenvalue weighted by atomic mass is 32.2. The summed E-state index contributed by atoms with van der Waals surface area (Å²) in [4.78, 5) is 17.8. The summed E-state index contributed by atoms with van der Waals surface area (Å²) in [5, 5.41) is 5.67. The highest BCUT2D eigenvalue weighted by Crippen LogP contribution is 2.26. The molecule has 32 heavy (non-hydrogen) atoms. The fourth-order valence-electron chi connectivity index (χ4n) is 3.95. The summed E-state index contributed by atoms with van der Waals surface area (Å²) >= 11 is 1.41. The Morgan fingerprint density at radius 3 is 2.91 bits per heavy atom. The van der Waals surface area contributed by atoms with Crippen LogP contribution in [0.15, 0.2) is 65.7 Å². The second kappa shape index (κ2) is 9.67. The number of aromatic nitrogens is 2. The van der Waals surface area contributed by atoms with Crippen molar-refractivity contribution in [1.82, 2.24) is 14.9 Å². The van der Waals surface area contributed by atoms with Gasteiger partial charge in [-0.2, -0.15) is 0 Å². The first-order chi connectivity index (χ1) is 15.5. The second-order valence-corrected chi connectivity index (χ2v) is 9.92. The molecule has 1 aliphatic carbocycles. The summed E-state index contributed by atoms with van der Waals surface area (Å²) in [6.07, 6.45) is 10.7. The van der Waals surface area contributed by atoms with Crippen molar-refractivity contribution in [2.75, 3.05) is 4.72 Å². The molecule has 6 nitrogen and oxygen atoms in total. The Balaban J connectivity index is 1.41. The van der Waals surface area contributed by atoms with Crippen LogP contribution in [0.2, 0.25) is 0 Å². The number of carbonyl (C=O) groups is 1. The molecular weight excluding hydrogens is 440 g/mol. The smallest absolute Gasteiger partial charge is 0.243 e. The monoisotopic (exact) mass is 466 g/mol. The highest BCUT2D eigenvalue weighted by molar-refractivity contribution is 7.86. The van der Waals surface area contributed by atoms with Crippen LogP contribution < -0.4 is 10.0 Å². The minimum atomic E-state index is -1.37. The van der Waals surface area contributed by atoms with Crippen molar-refractivity contribution in [1.29, 1.82) is 0 Å². The van der Waals surface area contributed by atoms with Crippen molar-refractivity contribution >= 4 is 39.4 Å². The zero-order valence-corrected chi connectivity index (χ0v) is 19.7. The summed E-state index contributed by atoms with van der Waals surface area (Å²) in [5.41, 5.74) is 4.43. The average molecular weight is 467 g/mol. The van der Waals surface area contributed by atoms with Crippen molar-refractivity contribution in [3.05, 3.63) is 83.2 Å². The average Bonchev–Trinajstić information content (AvgIpc) is 3.51. The summed E-state index contributed by atoms with van der Waals surface area (Å²) in [6, 6.07) is 7.56. The van der Waals surface area contributed by atoms with Crippen molar-refractivity contribution in [2.24, 2.45) is 0 Å². The summed E-state index contributed by atoms with van der Waals surface area (Å²) in [6.45, 7) is 7.66. The fourth-order valence-corrected chi connectivity index (χ4v) is 5.51. The third kappa shape index (κ3) is 4.76. The van der Waals surface area contributed by atoms with E-state index in [2.05, 4.69) is 21.6 Å². The largest absolute Gasteiger partial charge is 0.351 e. The van der Waals surface area contributed by atoms with Crippen LogP contribution in [0, 0.1) is 6.92 Å². The van der Waals surface area contributed by atoms with Gasteiger partial charge in [-0.3, -0.25) is 9.52 Å². The van der Waals surface area contributed by atoms with E-state index in [1.165, 1.54) is 16.9 Å². The lowest BCUT2D eigenvalue weighted by molar-refractivity contribution is -0.124. The molecular formula is C24H26N4O2S2. The van der Waals surface area contributed by atoms with Gasteiger partial charge in [0.15, 0.2) is 16.1 Å². The van der Waals surface area contributed by atoms with Gasteiger partial charge < -0.3 is 9.88 Å². The molecule has 1 aliphatic rings. The maximum atomic E-state index is 13.0. The number of aryl methyl sites for hydroxylation is 1. The number of hydrogen-bond donors (Lipinski definition) is 2. The van der Waals surface area contributed by atoms with Gasteiger partial charge in [0.05, 0.1) is 4.90 Å². The van der Waals surface area contributed by atoms with Gasteiger partial charge in [0.2, 0.25) is 5.91 Å². The Labute approximate surface area is 194 Å². The molecule has 3 unspecified atom stereocenters. The van der Waals surface area contributed by atoms with E-state index in [1.54, 1.807) is 12.3 Å². The number of amides is 1. The molecule has 4 rings (SSSR count). The molecule has 3 aromatic rings. The number of nitrogens with one attached hydrogen (secondary N) is 2. The molecule has 3 atom stereocenters. The number of thiazole rings is 1. The van der Waals surface area contributed by atoms with Crippen LogP contribution >= 0.6 is 11.3 Å². The van der Waals surface area contributed by atoms with Gasteiger partial charge in [-0.15, -0.1) is 11.3 Å². The van der Waals surface area contributed by atoms with E-state index in [-0.39, 0.29) is 18.0 Å². The van der Waals surface area contributed by atoms with E-state index < -0.39 is 11.0 Å². The number of allylic oxidation sites excluding steroid dienone is 2. The lowest BCUT2D eigenvalue weighted by atomic mass is 10.1. The predicted molar refractivity (Wildman–Crippen MR) is 131 cm³/mol. The maximum Gasteiger partial charge on any atom is 0.243 e. The van der Waals surface area contributed by atoms with Gasteiger partial charge in [0.25, 0.3) is 0 Å². The van der Waals surface area contributed by atoms with Crippen LogP contribution in [-0.4, -0.2) is 25.7 Å². The summed E-state index contributed by atoms with van der Waals surface area (Å²) in [7, 11) is -1.37. The van der Waals surface area contributed by atoms with E-state index in [4.69, 9.17) is 0 Å². The maximum absolute atomic E-state index is 13.0. The Kier molecular flexibility index (Phi) is 6.72. The van der Waals surface area contributed by atoms with Crippen molar-refractivity contribution in [3.8, 4) is 0 Å². The molecule has 8 heteroatoms. The van der Waals surface area contributed by atoms with E-state index in [9.17, 15) is 9.00 Å². The highest BCUT2D eigenvalue weighted by Gasteiger charge is 2.26. The molecule has 2 heterocycles. The number of benzene rings is 1. The molecule has 2 N–H and O–H groups in total. The molecule has 1 amide bonds. The molecule has 0 aliphatic heterocycles. The van der Waals surface area contributed by atoms with Crippen molar-refractivity contribution < 1.29 is 9.00 Å². The van der Waals surface area contributed by atoms with E-state index in [0.717, 1.165) is 29.7 Å². The molecule has 1 aromatic carbocycles. The normalized spacial score (nSPS) is 17.1. The van der Waals surface area contributed by atoms with E-state index >= 15 is 0 Å². The quantitative estimate of drug-likeness (QED) is 0.482. The SMILES string of the molecule is C=C/C=C\c1c(C)ccn1C(C)C(=O)NC1Cc2ccc(S(=O)Nc3nccs3)cc2C1. The van der Waals surface area contributed by atoms with Crippen LogP contribution in [-0.2, 0) is 28.6 Å². The van der Waals surface area contributed by atoms with E-state index in [0.29, 0.717) is 10.0 Å². The third-order valence-electron chi connectivity index (χ3n) is 5.64. The first-order valence-corrected chi connectivity index (χ1v) is 12.5. The lowest BCUT2D eigenvalue weighted by Gasteiger charge is -2.19. The number of anilines is 1. The predicted octanol–water partition coefficient (Wildman–Crippen LogP) is 4.43. The molecule has 166 valence electrons. The lowest BCUT2D eigenvalue weighted by Crippen LogP contribution is -2.39. The first kappa shape index (κ1) is 22.2. The number of fused-ring (bicyclic) bond motifs is 1. The minimum absolute atomic E-state index is 0.0131. The Bertz CT molecular complexity index is 1180. The molecule has 0 saturated carbocycles. The zero-order chi connectivity index (χ0) is 22.7. The van der Waals surface area contributed by atoms with Crippen LogP contribution in [0.3, 0.4) is 0 Å². The molecule has 0 bridgehead atoms. The first-order valence-electron chi connectivity index (χ1n) is 10.4. The summed E-state index contributed by atoms with van der Waals surface area (Å²) in [5.74, 6) is -0.0131. The minimum Gasteiger partial charge on any atom is -0.351 e. The van der Waals surface area contributed by atoms with Gasteiger partial charge in [0.1, 0.15) is 6.04 Å². The third-order valence-corrected chi connectivity index (χ3v) is 7.52. The van der Waals surface area contributed by atoms with Crippen molar-refractivity contribution in [3.63, 3.8) is 0 Å². The van der Waals surface area contributed by atoms with Crippen LogP contribution in [0.1, 0.15) is 35.3 Å². The zero-order valence-electron chi connectivity index (χ0n) is 18.1. The summed E-state index contributed by atoms with van der Waals surface area (Å²) < 4.78 is 17.5. The Hall–Kier alpha value is -2.97. The Morgan fingerprint density at radius 2 is 2.16 bits per heavy atom. The molecule has 0 spiro atoms. The van der Waals surface area contributed by atoms with Gasteiger partial charge in [-0.25, -0.2) is 9.19 Å². The Morgan fingerprint density at radius 1 is 1.34 bits per heavy atom. The topological polar surface area (TPSA) is 76.0 Å². The van der Waals surface area contributed by atoms with Crippen molar-refractivity contribution in [2.45, 2.75) is 43.7 Å². The van der Waals surface area contributed by atoms with Crippen LogP contribution in [0.5, 0.6) is 0 Å². The van der Waals surface area contributed by atoms with Gasteiger partial charge >= 0.3 is 0 Å². The fraction of sp³-hybridized carbons (Fsp3) is 0.250. The molecule has 0 fully saturated rings. The number of hydrogen-bond acceptors (Lipinski definition) is 4. The number of rotatable bonds is 8. The van der Waals surface area contributed by atoms with Gasteiger partial charge in [-0.05, 0) is 67.7 Å². The van der Waals surface area contributed by atoms with E-state index in [1.807, 2.05) is 66.4 Å². The standard InChI is InChI=1S/C24H26N4O2S2/c1-4-5-6-22-16(2)9-11-28(22)17(3)23(29)26-20-13-18-7-8-21(15-19(18)14-20)32(30)27-24-25-10-12-31-24/h4-12,15,17,20H,1,13-14H2,2-3H3,(H,25,27)(H,26,29)/b6-5-. The van der Waals surface area contributed by atoms with Gasteiger partial charge in [-0.1, -0.05) is 24.8 Å².